The lowest BCUT2D eigenvalue weighted by Crippen LogP contribution is -2.35. The van der Waals surface area contributed by atoms with E-state index in [2.05, 4.69) is 20.8 Å². The van der Waals surface area contributed by atoms with Crippen LogP contribution in [0, 0.1) is 5.92 Å². The molecule has 0 spiro atoms. The fraction of sp³-hybridized carbons (Fsp3) is 0.571. The van der Waals surface area contributed by atoms with Crippen LogP contribution < -0.4 is 0 Å². The van der Waals surface area contributed by atoms with Gasteiger partial charge in [0.05, 0.1) is 5.56 Å². The van der Waals surface area contributed by atoms with E-state index < -0.39 is 11.7 Å². The Bertz CT molecular complexity index is 402. The Morgan fingerprint density at radius 1 is 1.21 bits per heavy atom. The summed E-state index contributed by atoms with van der Waals surface area (Å²) in [4.78, 5) is 2.32. The van der Waals surface area contributed by atoms with E-state index in [0.717, 1.165) is 36.9 Å². The lowest BCUT2D eigenvalue weighted by molar-refractivity contribution is -0.137. The van der Waals surface area contributed by atoms with Crippen molar-refractivity contribution in [1.29, 1.82) is 0 Å². The van der Waals surface area contributed by atoms with Gasteiger partial charge in [-0.05, 0) is 43.0 Å². The van der Waals surface area contributed by atoms with Gasteiger partial charge in [0.1, 0.15) is 0 Å². The van der Waals surface area contributed by atoms with Gasteiger partial charge in [0.15, 0.2) is 0 Å². The first-order chi connectivity index (χ1) is 8.99. The van der Waals surface area contributed by atoms with Gasteiger partial charge in [0.25, 0.3) is 0 Å². The molecule has 106 valence electrons. The van der Waals surface area contributed by atoms with Crippen LogP contribution in [0.2, 0.25) is 0 Å². The van der Waals surface area contributed by atoms with E-state index in [9.17, 15) is 13.2 Å². The van der Waals surface area contributed by atoms with Gasteiger partial charge in [-0.2, -0.15) is 13.2 Å². The molecule has 0 aromatic heterocycles. The molecule has 1 aromatic carbocycles. The van der Waals surface area contributed by atoms with Crippen LogP contribution in [0.1, 0.15) is 24.0 Å². The van der Waals surface area contributed by atoms with Crippen LogP contribution in [0.15, 0.2) is 24.3 Å². The lowest BCUT2D eigenvalue weighted by atomic mass is 9.99. The van der Waals surface area contributed by atoms with Crippen LogP contribution >= 0.6 is 15.9 Å². The number of rotatable bonds is 3. The largest absolute Gasteiger partial charge is 0.416 e. The summed E-state index contributed by atoms with van der Waals surface area (Å²) in [6.45, 7) is 2.79. The van der Waals surface area contributed by atoms with Crippen LogP contribution in [0.3, 0.4) is 0 Å². The highest BCUT2D eigenvalue weighted by Crippen LogP contribution is 2.29. The first-order valence-electron chi connectivity index (χ1n) is 6.43. The predicted molar refractivity (Wildman–Crippen MR) is 73.2 cm³/mol. The van der Waals surface area contributed by atoms with E-state index in [1.165, 1.54) is 18.6 Å². The summed E-state index contributed by atoms with van der Waals surface area (Å²) in [6, 6.07) is 5.50. The Hall–Kier alpha value is -0.550. The zero-order chi connectivity index (χ0) is 13.9. The van der Waals surface area contributed by atoms with Crippen molar-refractivity contribution in [1.82, 2.24) is 4.90 Å². The highest BCUT2D eigenvalue weighted by atomic mass is 79.9. The van der Waals surface area contributed by atoms with Gasteiger partial charge in [-0.25, -0.2) is 0 Å². The Labute approximate surface area is 119 Å². The second-order valence-corrected chi connectivity index (χ2v) is 5.74. The van der Waals surface area contributed by atoms with Gasteiger partial charge in [-0.1, -0.05) is 28.1 Å². The van der Waals surface area contributed by atoms with Crippen molar-refractivity contribution < 1.29 is 13.2 Å². The Balaban J connectivity index is 1.96. The molecule has 1 heterocycles. The van der Waals surface area contributed by atoms with Crippen molar-refractivity contribution in [3.8, 4) is 0 Å². The third-order valence-corrected chi connectivity index (χ3v) is 4.42. The summed E-state index contributed by atoms with van der Waals surface area (Å²) in [5, 5.41) is 0.997. The van der Waals surface area contributed by atoms with E-state index in [-0.39, 0.29) is 0 Å². The number of hydrogen-bond acceptors (Lipinski definition) is 1. The molecule has 1 aliphatic rings. The van der Waals surface area contributed by atoms with Crippen molar-refractivity contribution in [3.63, 3.8) is 0 Å². The third-order valence-electron chi connectivity index (χ3n) is 3.51. The van der Waals surface area contributed by atoms with E-state index in [1.807, 2.05) is 0 Å². The fourth-order valence-corrected chi connectivity index (χ4v) is 3.01. The molecule has 0 N–H and O–H groups in total. The number of benzene rings is 1. The minimum absolute atomic E-state index is 0.576. The maximum Gasteiger partial charge on any atom is 0.416 e. The first kappa shape index (κ1) is 14.9. The second-order valence-electron chi connectivity index (χ2n) is 5.09. The van der Waals surface area contributed by atoms with Crippen molar-refractivity contribution in [3.05, 3.63) is 35.4 Å². The molecule has 1 aliphatic heterocycles. The van der Waals surface area contributed by atoms with Crippen molar-refractivity contribution in [2.45, 2.75) is 25.6 Å². The van der Waals surface area contributed by atoms with Crippen LogP contribution in [-0.2, 0) is 12.7 Å². The number of nitrogens with zero attached hydrogens (tertiary/aromatic N) is 1. The Kier molecular flexibility index (Phi) is 4.90. The van der Waals surface area contributed by atoms with E-state index in [0.29, 0.717) is 5.92 Å². The van der Waals surface area contributed by atoms with Crippen molar-refractivity contribution >= 4 is 15.9 Å². The van der Waals surface area contributed by atoms with Gasteiger partial charge in [0, 0.05) is 18.4 Å². The molecule has 1 unspecified atom stereocenters. The molecule has 1 atom stereocenters. The summed E-state index contributed by atoms with van der Waals surface area (Å²) in [5.41, 5.74) is 0.372. The van der Waals surface area contributed by atoms with Crippen LogP contribution in [0.25, 0.3) is 0 Å². The average Bonchev–Trinajstić information content (AvgIpc) is 2.38. The molecule has 2 rings (SSSR count). The lowest BCUT2D eigenvalue weighted by Gasteiger charge is -2.31. The monoisotopic (exact) mass is 335 g/mol. The van der Waals surface area contributed by atoms with Crippen molar-refractivity contribution in [2.24, 2.45) is 5.92 Å². The molecule has 1 fully saturated rings. The van der Waals surface area contributed by atoms with Crippen LogP contribution in [0.4, 0.5) is 13.2 Å². The van der Waals surface area contributed by atoms with E-state index in [1.54, 1.807) is 12.1 Å². The van der Waals surface area contributed by atoms with Gasteiger partial charge in [0.2, 0.25) is 0 Å². The quantitative estimate of drug-likeness (QED) is 0.744. The fourth-order valence-electron chi connectivity index (χ4n) is 2.48. The Morgan fingerprint density at radius 3 is 2.47 bits per heavy atom. The maximum atomic E-state index is 12.5. The molecular weight excluding hydrogens is 319 g/mol. The number of likely N-dealkylation sites (tertiary alicyclic amines) is 1. The third kappa shape index (κ3) is 4.21. The summed E-state index contributed by atoms with van der Waals surface area (Å²) >= 11 is 3.50. The molecule has 0 radical (unpaired) electrons. The number of piperidine rings is 1. The Morgan fingerprint density at radius 2 is 1.89 bits per heavy atom. The second kappa shape index (κ2) is 6.27. The SMILES string of the molecule is FC(F)(F)c1ccc(CN2CCCC(CBr)C2)cc1. The summed E-state index contributed by atoms with van der Waals surface area (Å²) in [5.74, 6) is 0.656. The molecule has 0 aliphatic carbocycles. The number of hydrogen-bond donors (Lipinski definition) is 0. The topological polar surface area (TPSA) is 3.24 Å². The molecule has 0 bridgehead atoms. The summed E-state index contributed by atoms with van der Waals surface area (Å²) < 4.78 is 37.4. The van der Waals surface area contributed by atoms with Crippen molar-refractivity contribution in [2.75, 3.05) is 18.4 Å². The first-order valence-corrected chi connectivity index (χ1v) is 7.55. The predicted octanol–water partition coefficient (Wildman–Crippen LogP) is 4.31. The van der Waals surface area contributed by atoms with E-state index >= 15 is 0 Å². The molecule has 1 aromatic rings. The minimum atomic E-state index is -4.25. The standard InChI is InChI=1S/C14H17BrF3N/c15-8-12-2-1-7-19(10-12)9-11-3-5-13(6-4-11)14(16,17)18/h3-6,12H,1-2,7-10H2. The zero-order valence-electron chi connectivity index (χ0n) is 10.6. The number of alkyl halides is 4. The molecule has 19 heavy (non-hydrogen) atoms. The molecular formula is C14H17BrF3N. The average molecular weight is 336 g/mol. The van der Waals surface area contributed by atoms with Gasteiger partial charge in [-0.3, -0.25) is 4.90 Å². The van der Waals surface area contributed by atoms with E-state index in [4.69, 9.17) is 0 Å². The number of halogens is 4. The highest BCUT2D eigenvalue weighted by Gasteiger charge is 2.30. The highest BCUT2D eigenvalue weighted by molar-refractivity contribution is 9.09. The smallest absolute Gasteiger partial charge is 0.299 e. The maximum absolute atomic E-state index is 12.5. The summed E-state index contributed by atoms with van der Waals surface area (Å²) in [6.07, 6.45) is -1.85. The molecule has 1 nitrogen and oxygen atoms in total. The summed E-state index contributed by atoms with van der Waals surface area (Å²) in [7, 11) is 0. The molecule has 1 saturated heterocycles. The van der Waals surface area contributed by atoms with Gasteiger partial charge < -0.3 is 0 Å². The van der Waals surface area contributed by atoms with Gasteiger partial charge in [-0.15, -0.1) is 0 Å². The minimum Gasteiger partial charge on any atom is -0.299 e. The normalized spacial score (nSPS) is 21.6. The molecule has 0 saturated carbocycles. The molecule has 0 amide bonds. The van der Waals surface area contributed by atoms with Gasteiger partial charge >= 0.3 is 6.18 Å². The zero-order valence-corrected chi connectivity index (χ0v) is 12.2. The van der Waals surface area contributed by atoms with Crippen LogP contribution in [0.5, 0.6) is 0 Å². The van der Waals surface area contributed by atoms with Crippen LogP contribution in [-0.4, -0.2) is 23.3 Å². The molecule has 5 heteroatoms.